The third-order valence-electron chi connectivity index (χ3n) is 0.781. The molecule has 0 atom stereocenters. The molecule has 0 heterocycles. The van der Waals surface area contributed by atoms with Crippen LogP contribution in [0.15, 0.2) is 12.7 Å². The highest BCUT2D eigenvalue weighted by atomic mass is 16.2. The fourth-order valence-electron chi connectivity index (χ4n) is 0.288. The molecule has 2 nitrogen and oxygen atoms in total. The van der Waals surface area contributed by atoms with E-state index in [2.05, 4.69) is 6.58 Å². The average molecular weight is 112 g/mol. The number of carbonyl (C=O) groups excluding carboxylic acids is 2. The van der Waals surface area contributed by atoms with E-state index in [0.717, 1.165) is 6.08 Å². The van der Waals surface area contributed by atoms with Crippen molar-refractivity contribution in [3.05, 3.63) is 12.7 Å². The summed E-state index contributed by atoms with van der Waals surface area (Å²) < 4.78 is 0. The normalized spacial score (nSPS) is 8.12. The van der Waals surface area contributed by atoms with E-state index < -0.39 is 5.78 Å². The van der Waals surface area contributed by atoms with Crippen molar-refractivity contribution in [2.24, 2.45) is 0 Å². The molecule has 2 heteroatoms. The molecule has 0 aliphatic rings. The summed E-state index contributed by atoms with van der Waals surface area (Å²) in [6, 6.07) is 0. The van der Waals surface area contributed by atoms with E-state index in [1.165, 1.54) is 0 Å². The summed E-state index contributed by atoms with van der Waals surface area (Å²) in [7, 11) is 0. The topological polar surface area (TPSA) is 34.1 Å². The van der Waals surface area contributed by atoms with E-state index in [1.807, 2.05) is 0 Å². The van der Waals surface area contributed by atoms with Gasteiger partial charge in [-0.15, -0.1) is 0 Å². The molecule has 0 saturated heterocycles. The van der Waals surface area contributed by atoms with Crippen LogP contribution in [0.1, 0.15) is 13.3 Å². The number of rotatable bonds is 3. The summed E-state index contributed by atoms with van der Waals surface area (Å²) in [5, 5.41) is 0. The van der Waals surface area contributed by atoms with Gasteiger partial charge in [0.2, 0.25) is 11.6 Å². The van der Waals surface area contributed by atoms with E-state index in [4.69, 9.17) is 0 Å². The van der Waals surface area contributed by atoms with Crippen molar-refractivity contribution in [3.63, 3.8) is 0 Å². The average Bonchev–Trinajstić information content (AvgIpc) is 1.84. The zero-order valence-electron chi connectivity index (χ0n) is 4.81. The molecule has 0 aliphatic carbocycles. The Balaban J connectivity index is 3.82. The van der Waals surface area contributed by atoms with Crippen molar-refractivity contribution in [2.45, 2.75) is 13.3 Å². The number of carbonyl (C=O) groups is 2. The fraction of sp³-hybridized carbons (Fsp3) is 0.333. The maximum absolute atomic E-state index is 10.3. The lowest BCUT2D eigenvalue weighted by molar-refractivity contribution is -0.133. The summed E-state index contributed by atoms with van der Waals surface area (Å²) in [6.07, 6.45) is 1.30. The number of ketones is 2. The van der Waals surface area contributed by atoms with Crippen molar-refractivity contribution in [2.75, 3.05) is 0 Å². The van der Waals surface area contributed by atoms with Crippen molar-refractivity contribution >= 4 is 11.6 Å². The SMILES string of the molecule is C=CC(=O)C(=O)CC. The second-order valence-electron chi connectivity index (χ2n) is 1.35. The summed E-state index contributed by atoms with van der Waals surface area (Å²) in [5.74, 6) is -0.868. The lowest BCUT2D eigenvalue weighted by Crippen LogP contribution is -2.07. The molecular weight excluding hydrogens is 104 g/mol. The van der Waals surface area contributed by atoms with Gasteiger partial charge in [0.25, 0.3) is 0 Å². The van der Waals surface area contributed by atoms with Gasteiger partial charge in [-0.2, -0.15) is 0 Å². The molecule has 0 radical (unpaired) electrons. The Morgan fingerprint density at radius 1 is 1.62 bits per heavy atom. The van der Waals surface area contributed by atoms with Crippen LogP contribution < -0.4 is 0 Å². The van der Waals surface area contributed by atoms with Crippen LogP contribution in [0.2, 0.25) is 0 Å². The largest absolute Gasteiger partial charge is 0.291 e. The monoisotopic (exact) mass is 112 g/mol. The molecule has 8 heavy (non-hydrogen) atoms. The Kier molecular flexibility index (Phi) is 2.77. The standard InChI is InChI=1S/C6H8O2/c1-3-5(7)6(8)4-2/h3H,1,4H2,2H3. The molecule has 0 aromatic heterocycles. The van der Waals surface area contributed by atoms with Crippen molar-refractivity contribution < 1.29 is 9.59 Å². The molecule has 0 aromatic carbocycles. The minimum absolute atomic E-state index is 0.269. The third kappa shape index (κ3) is 1.69. The van der Waals surface area contributed by atoms with Crippen LogP contribution >= 0.6 is 0 Å². The third-order valence-corrected chi connectivity index (χ3v) is 0.781. The molecule has 0 aromatic rings. The number of hydrogen-bond acceptors (Lipinski definition) is 2. The molecule has 0 unspecified atom stereocenters. The van der Waals surface area contributed by atoms with Crippen LogP contribution in [0.4, 0.5) is 0 Å². The molecular formula is C6H8O2. The number of Topliss-reactive ketones (excluding diaryl/α,β-unsaturated/α-hetero) is 1. The first-order chi connectivity index (χ1) is 3.72. The highest BCUT2D eigenvalue weighted by Gasteiger charge is 2.03. The maximum Gasteiger partial charge on any atom is 0.220 e. The van der Waals surface area contributed by atoms with Crippen LogP contribution in [-0.4, -0.2) is 11.6 Å². The number of allylic oxidation sites excluding steroid dienone is 1. The molecule has 0 rings (SSSR count). The summed E-state index contributed by atoms with van der Waals surface area (Å²) >= 11 is 0. The molecule has 0 bridgehead atoms. The van der Waals surface area contributed by atoms with Crippen LogP contribution in [0.25, 0.3) is 0 Å². The van der Waals surface area contributed by atoms with E-state index in [-0.39, 0.29) is 12.2 Å². The van der Waals surface area contributed by atoms with Gasteiger partial charge < -0.3 is 0 Å². The molecule has 44 valence electrons. The Morgan fingerprint density at radius 3 is 2.25 bits per heavy atom. The minimum atomic E-state index is -0.493. The second-order valence-corrected chi connectivity index (χ2v) is 1.35. The predicted molar refractivity (Wildman–Crippen MR) is 30.5 cm³/mol. The molecule has 0 spiro atoms. The fourth-order valence-corrected chi connectivity index (χ4v) is 0.288. The smallest absolute Gasteiger partial charge is 0.220 e. The Labute approximate surface area is 48.2 Å². The van der Waals surface area contributed by atoms with Crippen molar-refractivity contribution in [3.8, 4) is 0 Å². The molecule has 0 saturated carbocycles. The number of hydrogen-bond donors (Lipinski definition) is 0. The van der Waals surface area contributed by atoms with Gasteiger partial charge >= 0.3 is 0 Å². The van der Waals surface area contributed by atoms with Gasteiger partial charge in [0.15, 0.2) is 0 Å². The van der Waals surface area contributed by atoms with E-state index >= 15 is 0 Å². The highest BCUT2D eigenvalue weighted by molar-refractivity contribution is 6.41. The lowest BCUT2D eigenvalue weighted by atomic mass is 10.2. The highest BCUT2D eigenvalue weighted by Crippen LogP contribution is 1.82. The summed E-state index contributed by atoms with van der Waals surface area (Å²) in [4.78, 5) is 20.6. The van der Waals surface area contributed by atoms with Crippen LogP contribution in [0.3, 0.4) is 0 Å². The van der Waals surface area contributed by atoms with Crippen LogP contribution in [0.5, 0.6) is 0 Å². The van der Waals surface area contributed by atoms with Gasteiger partial charge in [0, 0.05) is 6.42 Å². The zero-order chi connectivity index (χ0) is 6.57. The van der Waals surface area contributed by atoms with E-state index in [0.29, 0.717) is 0 Å². The van der Waals surface area contributed by atoms with E-state index in [9.17, 15) is 9.59 Å². The van der Waals surface area contributed by atoms with E-state index in [1.54, 1.807) is 6.92 Å². The molecule has 0 N–H and O–H groups in total. The summed E-state index contributed by atoms with van der Waals surface area (Å²) in [5.41, 5.74) is 0. The first kappa shape index (κ1) is 7.08. The van der Waals surface area contributed by atoms with Gasteiger partial charge in [0.05, 0.1) is 0 Å². The lowest BCUT2D eigenvalue weighted by Gasteiger charge is -1.83. The molecule has 0 amide bonds. The molecule has 0 fully saturated rings. The second kappa shape index (κ2) is 3.13. The predicted octanol–water partition coefficient (Wildman–Crippen LogP) is 0.721. The maximum atomic E-state index is 10.3. The Bertz CT molecular complexity index is 124. The van der Waals surface area contributed by atoms with Gasteiger partial charge in [0.1, 0.15) is 0 Å². The van der Waals surface area contributed by atoms with Gasteiger partial charge in [-0.1, -0.05) is 13.5 Å². The first-order valence-corrected chi connectivity index (χ1v) is 2.42. The molecule has 0 aliphatic heterocycles. The zero-order valence-corrected chi connectivity index (χ0v) is 4.81. The minimum Gasteiger partial charge on any atom is -0.291 e. The van der Waals surface area contributed by atoms with Gasteiger partial charge in [-0.3, -0.25) is 9.59 Å². The Morgan fingerprint density at radius 2 is 2.12 bits per heavy atom. The van der Waals surface area contributed by atoms with Gasteiger partial charge in [-0.25, -0.2) is 0 Å². The van der Waals surface area contributed by atoms with Gasteiger partial charge in [-0.05, 0) is 6.08 Å². The summed E-state index contributed by atoms with van der Waals surface area (Å²) in [6.45, 7) is 4.80. The van der Waals surface area contributed by atoms with Crippen LogP contribution in [0, 0.1) is 0 Å². The Hall–Kier alpha value is -0.920. The van der Waals surface area contributed by atoms with Crippen molar-refractivity contribution in [1.29, 1.82) is 0 Å². The van der Waals surface area contributed by atoms with Crippen LogP contribution in [-0.2, 0) is 9.59 Å². The first-order valence-electron chi connectivity index (χ1n) is 2.42. The quantitative estimate of drug-likeness (QED) is 0.398. The van der Waals surface area contributed by atoms with Crippen molar-refractivity contribution in [1.82, 2.24) is 0 Å².